The highest BCUT2D eigenvalue weighted by molar-refractivity contribution is 7.17. The highest BCUT2D eigenvalue weighted by atomic mass is 32.1. The van der Waals surface area contributed by atoms with E-state index in [2.05, 4.69) is 49.8 Å². The van der Waals surface area contributed by atoms with Crippen molar-refractivity contribution < 1.29 is 9.47 Å². The van der Waals surface area contributed by atoms with Crippen molar-refractivity contribution in [1.29, 1.82) is 0 Å². The van der Waals surface area contributed by atoms with E-state index in [4.69, 9.17) is 9.47 Å². The number of hydrogen-bond donors (Lipinski definition) is 1. The van der Waals surface area contributed by atoms with Gasteiger partial charge in [-0.1, -0.05) is 6.07 Å². The van der Waals surface area contributed by atoms with Crippen molar-refractivity contribution >= 4 is 38.7 Å². The number of nitrogens with zero attached hydrogens (tertiary/aromatic N) is 3. The van der Waals surface area contributed by atoms with Gasteiger partial charge in [0.1, 0.15) is 17.0 Å². The molecule has 1 saturated heterocycles. The molecule has 0 spiro atoms. The summed E-state index contributed by atoms with van der Waals surface area (Å²) >= 11 is 1.61. The van der Waals surface area contributed by atoms with Crippen LogP contribution in [0.3, 0.4) is 0 Å². The van der Waals surface area contributed by atoms with Crippen LogP contribution in [0.1, 0.15) is 12.8 Å². The maximum Gasteiger partial charge on any atom is 0.161 e. The first-order valence-electron chi connectivity index (χ1n) is 10.3. The third kappa shape index (κ3) is 3.77. The Morgan fingerprint density at radius 3 is 2.45 bits per heavy atom. The number of fused-ring (bicyclic) bond motifs is 1. The van der Waals surface area contributed by atoms with Crippen LogP contribution in [0.4, 0.5) is 17.2 Å². The average Bonchev–Trinajstić information content (AvgIpc) is 3.50. The fraction of sp³-hybridized carbons (Fsp3) is 0.250. The first-order chi connectivity index (χ1) is 15.3. The number of ether oxygens (including phenoxy) is 2. The molecule has 1 N–H and O–H groups in total. The normalized spacial score (nSPS) is 13.5. The van der Waals surface area contributed by atoms with Crippen LogP contribution in [-0.2, 0) is 0 Å². The molecule has 0 saturated carbocycles. The molecule has 0 bridgehead atoms. The van der Waals surface area contributed by atoms with E-state index in [0.717, 1.165) is 45.9 Å². The fourth-order valence-corrected chi connectivity index (χ4v) is 4.97. The van der Waals surface area contributed by atoms with Crippen LogP contribution < -0.4 is 19.7 Å². The smallest absolute Gasteiger partial charge is 0.161 e. The van der Waals surface area contributed by atoms with Crippen molar-refractivity contribution in [2.45, 2.75) is 12.8 Å². The van der Waals surface area contributed by atoms with Gasteiger partial charge in [0.05, 0.1) is 19.6 Å². The van der Waals surface area contributed by atoms with Gasteiger partial charge >= 0.3 is 0 Å². The Labute approximate surface area is 185 Å². The number of nitrogens with one attached hydrogen (secondary N) is 1. The lowest BCUT2D eigenvalue weighted by atomic mass is 10.1. The Morgan fingerprint density at radius 1 is 0.935 bits per heavy atom. The zero-order valence-corrected chi connectivity index (χ0v) is 18.4. The Balaban J connectivity index is 1.49. The van der Waals surface area contributed by atoms with E-state index in [0.29, 0.717) is 11.5 Å². The second-order valence-electron chi connectivity index (χ2n) is 7.49. The highest BCUT2D eigenvalue weighted by Crippen LogP contribution is 2.40. The van der Waals surface area contributed by atoms with E-state index in [9.17, 15) is 0 Å². The molecule has 3 heterocycles. The van der Waals surface area contributed by atoms with Gasteiger partial charge in [0.25, 0.3) is 0 Å². The van der Waals surface area contributed by atoms with Gasteiger partial charge in [-0.15, -0.1) is 11.3 Å². The Morgan fingerprint density at radius 2 is 1.71 bits per heavy atom. The summed E-state index contributed by atoms with van der Waals surface area (Å²) in [4.78, 5) is 12.4. The molecule has 0 atom stereocenters. The van der Waals surface area contributed by atoms with E-state index < -0.39 is 0 Å². The average molecular weight is 433 g/mol. The van der Waals surface area contributed by atoms with Crippen molar-refractivity contribution in [2.24, 2.45) is 0 Å². The number of aromatic nitrogens is 2. The van der Waals surface area contributed by atoms with Gasteiger partial charge in [0.15, 0.2) is 11.5 Å². The molecular weight excluding hydrogens is 408 g/mol. The molecule has 7 heteroatoms. The third-order valence-corrected chi connectivity index (χ3v) is 6.55. The number of thiophene rings is 1. The SMILES string of the molecule is COc1ccc(-c2csc3ncnc(Nc4ccc(N5CCCC5)cc4)c23)cc1OC. The van der Waals surface area contributed by atoms with Crippen LogP contribution in [0.15, 0.2) is 54.2 Å². The van der Waals surface area contributed by atoms with Crippen LogP contribution in [0, 0.1) is 0 Å². The summed E-state index contributed by atoms with van der Waals surface area (Å²) < 4.78 is 10.9. The first kappa shape index (κ1) is 19.6. The largest absolute Gasteiger partial charge is 0.493 e. The monoisotopic (exact) mass is 432 g/mol. The zero-order valence-electron chi connectivity index (χ0n) is 17.6. The van der Waals surface area contributed by atoms with E-state index in [1.807, 2.05) is 18.2 Å². The van der Waals surface area contributed by atoms with Gasteiger partial charge in [0.2, 0.25) is 0 Å². The molecule has 2 aromatic heterocycles. The molecule has 2 aromatic carbocycles. The summed E-state index contributed by atoms with van der Waals surface area (Å²) in [5.74, 6) is 2.20. The van der Waals surface area contributed by atoms with Crippen molar-refractivity contribution in [2.75, 3.05) is 37.5 Å². The lowest BCUT2D eigenvalue weighted by Gasteiger charge is -2.18. The summed E-state index contributed by atoms with van der Waals surface area (Å²) in [5.41, 5.74) is 4.38. The molecule has 0 amide bonds. The van der Waals surface area contributed by atoms with Gasteiger partial charge in [-0.3, -0.25) is 0 Å². The van der Waals surface area contributed by atoms with Gasteiger partial charge in [-0.05, 0) is 54.8 Å². The number of anilines is 3. The van der Waals surface area contributed by atoms with Crippen molar-refractivity contribution in [3.8, 4) is 22.6 Å². The molecule has 0 radical (unpaired) electrons. The summed E-state index contributed by atoms with van der Waals surface area (Å²) in [5, 5.41) is 6.61. The molecular formula is C24H24N4O2S. The number of benzene rings is 2. The molecule has 5 rings (SSSR count). The summed E-state index contributed by atoms with van der Waals surface area (Å²) in [6.45, 7) is 2.28. The quantitative estimate of drug-likeness (QED) is 0.421. The van der Waals surface area contributed by atoms with Gasteiger partial charge in [-0.2, -0.15) is 0 Å². The molecule has 1 aliphatic heterocycles. The van der Waals surface area contributed by atoms with Crippen LogP contribution in [0.25, 0.3) is 21.3 Å². The second-order valence-corrected chi connectivity index (χ2v) is 8.35. The predicted octanol–water partition coefficient (Wildman–Crippen LogP) is 5.72. The van der Waals surface area contributed by atoms with E-state index >= 15 is 0 Å². The Kier molecular flexibility index (Phi) is 5.34. The third-order valence-electron chi connectivity index (χ3n) is 5.67. The minimum atomic E-state index is 0.697. The molecule has 1 fully saturated rings. The first-order valence-corrected chi connectivity index (χ1v) is 11.2. The van der Waals surface area contributed by atoms with Crippen LogP contribution in [-0.4, -0.2) is 37.3 Å². The van der Waals surface area contributed by atoms with E-state index in [1.54, 1.807) is 31.9 Å². The number of rotatable bonds is 6. The van der Waals surface area contributed by atoms with Crippen molar-refractivity contribution in [3.05, 3.63) is 54.2 Å². The number of methoxy groups -OCH3 is 2. The topological polar surface area (TPSA) is 59.5 Å². The summed E-state index contributed by atoms with van der Waals surface area (Å²) in [6, 6.07) is 14.5. The molecule has 6 nitrogen and oxygen atoms in total. The van der Waals surface area contributed by atoms with Crippen molar-refractivity contribution in [1.82, 2.24) is 9.97 Å². The zero-order chi connectivity index (χ0) is 21.2. The highest BCUT2D eigenvalue weighted by Gasteiger charge is 2.16. The van der Waals surface area contributed by atoms with Gasteiger partial charge in [0, 0.05) is 35.4 Å². The molecule has 31 heavy (non-hydrogen) atoms. The Bertz CT molecular complexity index is 1200. The minimum absolute atomic E-state index is 0.697. The Hall–Kier alpha value is -3.32. The standard InChI is InChI=1S/C24H24N4O2S/c1-29-20-10-5-16(13-21(20)30-2)19-14-31-24-22(19)23(25-15-26-24)27-17-6-8-18(9-7-17)28-11-3-4-12-28/h5-10,13-15H,3-4,11-12H2,1-2H3,(H,25,26,27). The maximum absolute atomic E-state index is 5.49. The van der Waals surface area contributed by atoms with Crippen LogP contribution in [0.2, 0.25) is 0 Å². The van der Waals surface area contributed by atoms with E-state index in [-0.39, 0.29) is 0 Å². The van der Waals surface area contributed by atoms with Gasteiger partial charge in [-0.25, -0.2) is 9.97 Å². The number of hydrogen-bond acceptors (Lipinski definition) is 7. The van der Waals surface area contributed by atoms with Crippen LogP contribution >= 0.6 is 11.3 Å². The van der Waals surface area contributed by atoms with Crippen molar-refractivity contribution in [3.63, 3.8) is 0 Å². The molecule has 158 valence electrons. The lowest BCUT2D eigenvalue weighted by molar-refractivity contribution is 0.355. The summed E-state index contributed by atoms with van der Waals surface area (Å²) in [7, 11) is 3.29. The maximum atomic E-state index is 5.49. The van der Waals surface area contributed by atoms with Gasteiger partial charge < -0.3 is 19.7 Å². The summed E-state index contributed by atoms with van der Waals surface area (Å²) in [6.07, 6.45) is 4.16. The molecule has 1 aliphatic rings. The predicted molar refractivity (Wildman–Crippen MR) is 127 cm³/mol. The second kappa shape index (κ2) is 8.43. The molecule has 0 aliphatic carbocycles. The fourth-order valence-electron chi connectivity index (χ4n) is 4.05. The molecule has 0 unspecified atom stereocenters. The minimum Gasteiger partial charge on any atom is -0.493 e. The van der Waals surface area contributed by atoms with Crippen LogP contribution in [0.5, 0.6) is 11.5 Å². The molecule has 4 aromatic rings. The lowest BCUT2D eigenvalue weighted by Crippen LogP contribution is -2.17. The van der Waals surface area contributed by atoms with E-state index in [1.165, 1.54) is 18.5 Å².